The van der Waals surface area contributed by atoms with Gasteiger partial charge in [0.05, 0.1) is 0 Å². The molecule has 2 nitrogen and oxygen atoms in total. The maximum absolute atomic E-state index is 6.24. The van der Waals surface area contributed by atoms with Crippen molar-refractivity contribution in [2.75, 3.05) is 13.7 Å². The van der Waals surface area contributed by atoms with E-state index in [-0.39, 0.29) is 5.54 Å². The fourth-order valence-corrected chi connectivity index (χ4v) is 1.80. The second kappa shape index (κ2) is 5.46. The van der Waals surface area contributed by atoms with Crippen LogP contribution in [0.2, 0.25) is 0 Å². The lowest BCUT2D eigenvalue weighted by atomic mass is 9.90. The standard InChI is InChI=1S/C14H23NO/c1-11-5-6-13(9-12(11)2)10-14(3,15)7-8-16-4/h5-6,9H,7-8,10,15H2,1-4H3. The predicted molar refractivity (Wildman–Crippen MR) is 68.7 cm³/mol. The molecule has 1 aromatic carbocycles. The van der Waals surface area contributed by atoms with Crippen molar-refractivity contribution in [1.82, 2.24) is 0 Å². The van der Waals surface area contributed by atoms with E-state index in [1.807, 2.05) is 0 Å². The summed E-state index contributed by atoms with van der Waals surface area (Å²) in [5.41, 5.74) is 10.0. The fourth-order valence-electron chi connectivity index (χ4n) is 1.80. The summed E-state index contributed by atoms with van der Waals surface area (Å²) in [7, 11) is 1.71. The molecule has 0 saturated heterocycles. The maximum atomic E-state index is 6.24. The molecule has 90 valence electrons. The van der Waals surface area contributed by atoms with Gasteiger partial charge in [-0.1, -0.05) is 18.2 Å². The van der Waals surface area contributed by atoms with Crippen molar-refractivity contribution in [2.24, 2.45) is 5.73 Å². The highest BCUT2D eigenvalue weighted by Crippen LogP contribution is 2.17. The summed E-state index contributed by atoms with van der Waals surface area (Å²) in [6, 6.07) is 6.56. The van der Waals surface area contributed by atoms with Gasteiger partial charge >= 0.3 is 0 Å². The normalized spacial score (nSPS) is 14.8. The molecule has 1 unspecified atom stereocenters. The van der Waals surface area contributed by atoms with Gasteiger partial charge in [-0.25, -0.2) is 0 Å². The number of rotatable bonds is 5. The summed E-state index contributed by atoms with van der Waals surface area (Å²) >= 11 is 0. The Morgan fingerprint density at radius 1 is 1.25 bits per heavy atom. The highest BCUT2D eigenvalue weighted by molar-refractivity contribution is 5.30. The Labute approximate surface area is 98.8 Å². The van der Waals surface area contributed by atoms with Crippen LogP contribution >= 0.6 is 0 Å². The minimum Gasteiger partial charge on any atom is -0.385 e. The fraction of sp³-hybridized carbons (Fsp3) is 0.571. The Hall–Kier alpha value is -0.860. The molecule has 0 aliphatic carbocycles. The third-order valence-corrected chi connectivity index (χ3v) is 3.06. The van der Waals surface area contributed by atoms with Crippen LogP contribution in [0.25, 0.3) is 0 Å². The molecule has 1 rings (SSSR count). The number of aryl methyl sites for hydroxylation is 2. The summed E-state index contributed by atoms with van der Waals surface area (Å²) in [6.07, 6.45) is 1.79. The van der Waals surface area contributed by atoms with Crippen molar-refractivity contribution in [3.8, 4) is 0 Å². The Balaban J connectivity index is 2.68. The molecule has 0 spiro atoms. The summed E-state index contributed by atoms with van der Waals surface area (Å²) in [4.78, 5) is 0. The van der Waals surface area contributed by atoms with E-state index in [4.69, 9.17) is 10.5 Å². The van der Waals surface area contributed by atoms with E-state index >= 15 is 0 Å². The Kier molecular flexibility index (Phi) is 4.51. The molecule has 0 aliphatic rings. The van der Waals surface area contributed by atoms with Crippen LogP contribution in [0.4, 0.5) is 0 Å². The molecule has 2 heteroatoms. The van der Waals surface area contributed by atoms with Gasteiger partial charge in [-0.05, 0) is 50.3 Å². The zero-order valence-electron chi connectivity index (χ0n) is 10.8. The van der Waals surface area contributed by atoms with Crippen LogP contribution in [0.5, 0.6) is 0 Å². The molecule has 0 radical (unpaired) electrons. The third-order valence-electron chi connectivity index (χ3n) is 3.06. The van der Waals surface area contributed by atoms with E-state index in [2.05, 4.69) is 39.0 Å². The van der Waals surface area contributed by atoms with E-state index in [0.29, 0.717) is 0 Å². The highest BCUT2D eigenvalue weighted by atomic mass is 16.5. The molecule has 0 bridgehead atoms. The van der Waals surface area contributed by atoms with E-state index < -0.39 is 0 Å². The van der Waals surface area contributed by atoms with Gasteiger partial charge < -0.3 is 10.5 Å². The first-order chi connectivity index (χ1) is 7.44. The number of benzene rings is 1. The summed E-state index contributed by atoms with van der Waals surface area (Å²) in [5, 5.41) is 0. The Morgan fingerprint density at radius 3 is 2.50 bits per heavy atom. The minimum atomic E-state index is -0.183. The van der Waals surface area contributed by atoms with Crippen molar-refractivity contribution in [2.45, 2.75) is 39.2 Å². The number of nitrogens with two attached hydrogens (primary N) is 1. The molecule has 2 N–H and O–H groups in total. The average molecular weight is 221 g/mol. The zero-order valence-corrected chi connectivity index (χ0v) is 10.8. The molecule has 0 fully saturated rings. The second-order valence-electron chi connectivity index (χ2n) is 4.99. The first-order valence-electron chi connectivity index (χ1n) is 5.78. The van der Waals surface area contributed by atoms with Gasteiger partial charge in [0, 0.05) is 19.3 Å². The van der Waals surface area contributed by atoms with Crippen LogP contribution in [0.15, 0.2) is 18.2 Å². The smallest absolute Gasteiger partial charge is 0.0479 e. The molecular formula is C14H23NO. The highest BCUT2D eigenvalue weighted by Gasteiger charge is 2.18. The second-order valence-corrected chi connectivity index (χ2v) is 4.99. The number of hydrogen-bond acceptors (Lipinski definition) is 2. The minimum absolute atomic E-state index is 0.183. The number of methoxy groups -OCH3 is 1. The summed E-state index contributed by atoms with van der Waals surface area (Å²) < 4.78 is 5.08. The molecule has 0 amide bonds. The van der Waals surface area contributed by atoms with Gasteiger partial charge in [0.25, 0.3) is 0 Å². The van der Waals surface area contributed by atoms with Crippen LogP contribution in [0.3, 0.4) is 0 Å². The van der Waals surface area contributed by atoms with E-state index in [0.717, 1.165) is 19.4 Å². The van der Waals surface area contributed by atoms with Crippen LogP contribution < -0.4 is 5.73 Å². The molecule has 1 atom stereocenters. The zero-order chi connectivity index (χ0) is 12.2. The molecule has 0 aromatic heterocycles. The number of hydrogen-bond donors (Lipinski definition) is 1. The quantitative estimate of drug-likeness (QED) is 0.829. The molecule has 16 heavy (non-hydrogen) atoms. The average Bonchev–Trinajstić information content (AvgIpc) is 2.20. The van der Waals surface area contributed by atoms with Gasteiger partial charge in [-0.2, -0.15) is 0 Å². The van der Waals surface area contributed by atoms with Crippen molar-refractivity contribution >= 4 is 0 Å². The van der Waals surface area contributed by atoms with Gasteiger partial charge in [0.1, 0.15) is 0 Å². The molecule has 1 aromatic rings. The topological polar surface area (TPSA) is 35.2 Å². The molecule has 0 heterocycles. The lowest BCUT2D eigenvalue weighted by Crippen LogP contribution is -2.39. The Bertz CT molecular complexity index is 345. The molecule has 0 saturated carbocycles. The van der Waals surface area contributed by atoms with Gasteiger partial charge in [-0.3, -0.25) is 0 Å². The summed E-state index contributed by atoms with van der Waals surface area (Å²) in [6.45, 7) is 7.08. The summed E-state index contributed by atoms with van der Waals surface area (Å²) in [5.74, 6) is 0. The number of ether oxygens (including phenoxy) is 1. The van der Waals surface area contributed by atoms with Crippen LogP contribution in [0.1, 0.15) is 30.0 Å². The van der Waals surface area contributed by atoms with Crippen LogP contribution in [-0.4, -0.2) is 19.3 Å². The van der Waals surface area contributed by atoms with Crippen molar-refractivity contribution in [3.05, 3.63) is 34.9 Å². The monoisotopic (exact) mass is 221 g/mol. The SMILES string of the molecule is COCCC(C)(N)Cc1ccc(C)c(C)c1. The van der Waals surface area contributed by atoms with E-state index in [1.165, 1.54) is 16.7 Å². The van der Waals surface area contributed by atoms with Crippen molar-refractivity contribution < 1.29 is 4.74 Å². The largest absolute Gasteiger partial charge is 0.385 e. The first kappa shape index (κ1) is 13.2. The van der Waals surface area contributed by atoms with E-state index in [9.17, 15) is 0 Å². The van der Waals surface area contributed by atoms with Crippen molar-refractivity contribution in [3.63, 3.8) is 0 Å². The Morgan fingerprint density at radius 2 is 1.94 bits per heavy atom. The predicted octanol–water partition coefficient (Wildman–Crippen LogP) is 2.60. The van der Waals surface area contributed by atoms with Gasteiger partial charge in [0.2, 0.25) is 0 Å². The first-order valence-corrected chi connectivity index (χ1v) is 5.78. The van der Waals surface area contributed by atoms with E-state index in [1.54, 1.807) is 7.11 Å². The van der Waals surface area contributed by atoms with Crippen LogP contribution in [0, 0.1) is 13.8 Å². The lowest BCUT2D eigenvalue weighted by molar-refractivity contribution is 0.171. The molecule has 0 aliphatic heterocycles. The van der Waals surface area contributed by atoms with Gasteiger partial charge in [-0.15, -0.1) is 0 Å². The maximum Gasteiger partial charge on any atom is 0.0479 e. The van der Waals surface area contributed by atoms with Crippen molar-refractivity contribution in [1.29, 1.82) is 0 Å². The van der Waals surface area contributed by atoms with Gasteiger partial charge in [0.15, 0.2) is 0 Å². The third kappa shape index (κ3) is 3.95. The lowest BCUT2D eigenvalue weighted by Gasteiger charge is -2.24. The molecular weight excluding hydrogens is 198 g/mol. The van der Waals surface area contributed by atoms with Crippen LogP contribution in [-0.2, 0) is 11.2 Å².